The standard InChI is InChI=1S/C13H20N2O3S/c1-9(7-14)15-19(17,18)8-13-5-4-10(6-11(13)16)12(13,2)3/h9-10,15H,4-6,8H2,1-3H3. The number of nitriles is 1. The van der Waals surface area contributed by atoms with Crippen molar-refractivity contribution in [2.75, 3.05) is 5.75 Å². The van der Waals surface area contributed by atoms with E-state index in [1.165, 1.54) is 6.92 Å². The second-order valence-electron chi connectivity index (χ2n) is 6.39. The molecule has 5 nitrogen and oxygen atoms in total. The van der Waals surface area contributed by atoms with E-state index in [0.717, 1.165) is 6.42 Å². The highest BCUT2D eigenvalue weighted by atomic mass is 32.2. The number of Topliss-reactive ketones (excluding diaryl/α,β-unsaturated/α-hetero) is 1. The number of ketones is 1. The van der Waals surface area contributed by atoms with E-state index >= 15 is 0 Å². The van der Waals surface area contributed by atoms with Crippen LogP contribution in [-0.2, 0) is 14.8 Å². The first-order valence-electron chi connectivity index (χ1n) is 6.57. The summed E-state index contributed by atoms with van der Waals surface area (Å²) < 4.78 is 26.6. The summed E-state index contributed by atoms with van der Waals surface area (Å²) in [5.74, 6) is 0.182. The molecule has 1 N–H and O–H groups in total. The van der Waals surface area contributed by atoms with Crippen LogP contribution in [0.15, 0.2) is 0 Å². The molecule has 0 amide bonds. The first-order valence-corrected chi connectivity index (χ1v) is 8.23. The molecule has 0 aromatic heterocycles. The Morgan fingerprint density at radius 2 is 2.16 bits per heavy atom. The van der Waals surface area contributed by atoms with Crippen molar-refractivity contribution < 1.29 is 13.2 Å². The fraction of sp³-hybridized carbons (Fsp3) is 0.846. The van der Waals surface area contributed by atoms with E-state index in [4.69, 9.17) is 5.26 Å². The molecule has 2 aliphatic rings. The lowest BCUT2D eigenvalue weighted by Crippen LogP contribution is -2.46. The Morgan fingerprint density at radius 3 is 2.58 bits per heavy atom. The first-order chi connectivity index (χ1) is 8.64. The van der Waals surface area contributed by atoms with Gasteiger partial charge < -0.3 is 0 Å². The minimum Gasteiger partial charge on any atom is -0.299 e. The SMILES string of the molecule is CC(C#N)NS(=O)(=O)CC12CCC(CC1=O)C2(C)C. The van der Waals surface area contributed by atoms with E-state index in [0.29, 0.717) is 18.8 Å². The fourth-order valence-corrected chi connectivity index (χ4v) is 5.77. The van der Waals surface area contributed by atoms with E-state index in [9.17, 15) is 13.2 Å². The Morgan fingerprint density at radius 1 is 1.53 bits per heavy atom. The van der Waals surface area contributed by atoms with Gasteiger partial charge in [0.15, 0.2) is 0 Å². The Balaban J connectivity index is 2.27. The summed E-state index contributed by atoms with van der Waals surface area (Å²) in [6.07, 6.45) is 2.06. The lowest BCUT2D eigenvalue weighted by atomic mass is 9.70. The number of fused-ring (bicyclic) bond motifs is 2. The normalized spacial score (nSPS) is 34.2. The van der Waals surface area contributed by atoms with Crippen molar-refractivity contribution in [3.63, 3.8) is 0 Å². The molecule has 6 heteroatoms. The average molecular weight is 284 g/mol. The molecule has 0 aliphatic heterocycles. The molecular formula is C13H20N2O3S. The number of nitrogens with one attached hydrogen (secondary N) is 1. The molecular weight excluding hydrogens is 264 g/mol. The van der Waals surface area contributed by atoms with Crippen LogP contribution in [0.4, 0.5) is 0 Å². The predicted molar refractivity (Wildman–Crippen MR) is 70.6 cm³/mol. The molecule has 0 heterocycles. The molecule has 106 valence electrons. The molecule has 3 unspecified atom stereocenters. The van der Waals surface area contributed by atoms with E-state index < -0.39 is 21.5 Å². The van der Waals surface area contributed by atoms with Gasteiger partial charge in [-0.1, -0.05) is 13.8 Å². The van der Waals surface area contributed by atoms with E-state index in [1.54, 1.807) is 0 Å². The largest absolute Gasteiger partial charge is 0.299 e. The second kappa shape index (κ2) is 4.29. The maximum Gasteiger partial charge on any atom is 0.213 e. The molecule has 0 radical (unpaired) electrons. The fourth-order valence-electron chi connectivity index (χ4n) is 3.77. The average Bonchev–Trinajstić information content (AvgIpc) is 2.61. The van der Waals surface area contributed by atoms with Gasteiger partial charge in [-0.05, 0) is 31.1 Å². The molecule has 2 rings (SSSR count). The molecule has 2 aliphatic carbocycles. The number of hydrogen-bond acceptors (Lipinski definition) is 4. The van der Waals surface area contributed by atoms with Crippen LogP contribution in [0.1, 0.15) is 40.0 Å². The van der Waals surface area contributed by atoms with Gasteiger partial charge in [-0.3, -0.25) is 4.79 Å². The third-order valence-electron chi connectivity index (χ3n) is 5.13. The van der Waals surface area contributed by atoms with Crippen molar-refractivity contribution in [1.29, 1.82) is 5.26 Å². The topological polar surface area (TPSA) is 87.0 Å². The van der Waals surface area contributed by atoms with Gasteiger partial charge in [0.25, 0.3) is 0 Å². The zero-order chi connectivity index (χ0) is 14.5. The summed E-state index contributed by atoms with van der Waals surface area (Å²) in [5.41, 5.74) is -1.03. The molecule has 19 heavy (non-hydrogen) atoms. The van der Waals surface area contributed by atoms with Gasteiger partial charge in [-0.15, -0.1) is 0 Å². The molecule has 2 fully saturated rings. The number of hydrogen-bond donors (Lipinski definition) is 1. The number of rotatable bonds is 4. The molecule has 0 spiro atoms. The van der Waals surface area contributed by atoms with Gasteiger partial charge >= 0.3 is 0 Å². The van der Waals surface area contributed by atoms with Crippen molar-refractivity contribution in [3.05, 3.63) is 0 Å². The van der Waals surface area contributed by atoms with E-state index in [2.05, 4.69) is 4.72 Å². The number of nitrogens with zero attached hydrogens (tertiary/aromatic N) is 1. The molecule has 3 atom stereocenters. The highest BCUT2D eigenvalue weighted by Gasteiger charge is 2.65. The van der Waals surface area contributed by atoms with Crippen molar-refractivity contribution in [2.45, 2.75) is 46.1 Å². The lowest BCUT2D eigenvalue weighted by Gasteiger charge is -2.36. The lowest BCUT2D eigenvalue weighted by molar-refractivity contribution is -0.128. The van der Waals surface area contributed by atoms with Gasteiger partial charge in [-0.25, -0.2) is 8.42 Å². The highest BCUT2D eigenvalue weighted by molar-refractivity contribution is 7.89. The zero-order valence-electron chi connectivity index (χ0n) is 11.6. The summed E-state index contributed by atoms with van der Waals surface area (Å²) in [5, 5.41) is 8.70. The summed E-state index contributed by atoms with van der Waals surface area (Å²) in [6.45, 7) is 5.49. The summed E-state index contributed by atoms with van der Waals surface area (Å²) in [7, 11) is -3.62. The van der Waals surface area contributed by atoms with Gasteiger partial charge in [0.2, 0.25) is 10.0 Å². The third-order valence-corrected chi connectivity index (χ3v) is 6.71. The van der Waals surface area contributed by atoms with Gasteiger partial charge in [0.05, 0.1) is 11.8 Å². The highest BCUT2D eigenvalue weighted by Crippen LogP contribution is 2.64. The number of carbonyl (C=O) groups excluding carboxylic acids is 1. The van der Waals surface area contributed by atoms with Crippen LogP contribution in [0, 0.1) is 28.1 Å². The van der Waals surface area contributed by atoms with E-state index in [-0.39, 0.29) is 17.0 Å². The number of carbonyl (C=O) groups is 1. The van der Waals surface area contributed by atoms with Crippen LogP contribution < -0.4 is 4.72 Å². The minimum atomic E-state index is -3.62. The minimum absolute atomic E-state index is 0.0729. The monoisotopic (exact) mass is 284 g/mol. The maximum atomic E-state index is 12.2. The van der Waals surface area contributed by atoms with Crippen LogP contribution in [-0.4, -0.2) is 26.0 Å². The molecule has 2 saturated carbocycles. The Hall–Kier alpha value is -0.930. The van der Waals surface area contributed by atoms with Crippen molar-refractivity contribution in [1.82, 2.24) is 4.72 Å². The Kier molecular flexibility index (Phi) is 3.27. The summed E-state index contributed by atoms with van der Waals surface area (Å²) >= 11 is 0. The van der Waals surface area contributed by atoms with Crippen LogP contribution in [0.5, 0.6) is 0 Å². The van der Waals surface area contributed by atoms with Crippen LogP contribution >= 0.6 is 0 Å². The predicted octanol–water partition coefficient (Wildman–Crippen LogP) is 1.21. The molecule has 0 saturated heterocycles. The third kappa shape index (κ3) is 2.09. The zero-order valence-corrected chi connectivity index (χ0v) is 12.4. The van der Waals surface area contributed by atoms with E-state index in [1.807, 2.05) is 19.9 Å². The molecule has 0 aromatic carbocycles. The molecule has 0 aromatic rings. The van der Waals surface area contributed by atoms with Crippen LogP contribution in [0.2, 0.25) is 0 Å². The Labute approximate surface area is 114 Å². The van der Waals surface area contributed by atoms with Crippen molar-refractivity contribution in [3.8, 4) is 6.07 Å². The maximum absolute atomic E-state index is 12.2. The second-order valence-corrected chi connectivity index (χ2v) is 8.15. The summed E-state index contributed by atoms with van der Waals surface area (Å²) in [4.78, 5) is 12.2. The van der Waals surface area contributed by atoms with Crippen LogP contribution in [0.3, 0.4) is 0 Å². The van der Waals surface area contributed by atoms with Gasteiger partial charge in [0.1, 0.15) is 11.8 Å². The van der Waals surface area contributed by atoms with Gasteiger partial charge in [0, 0.05) is 11.8 Å². The quantitative estimate of drug-likeness (QED) is 0.840. The summed E-state index contributed by atoms with van der Waals surface area (Å²) in [6, 6.07) is 1.08. The van der Waals surface area contributed by atoms with Crippen molar-refractivity contribution in [2.24, 2.45) is 16.7 Å². The van der Waals surface area contributed by atoms with Crippen LogP contribution in [0.25, 0.3) is 0 Å². The molecule has 2 bridgehead atoms. The van der Waals surface area contributed by atoms with Crippen molar-refractivity contribution >= 4 is 15.8 Å². The Bertz CT molecular complexity index is 547. The smallest absolute Gasteiger partial charge is 0.213 e. The number of sulfonamides is 1. The van der Waals surface area contributed by atoms with Gasteiger partial charge in [-0.2, -0.15) is 9.98 Å². The first kappa shape index (κ1) is 14.5.